The number of piperidine rings is 1. The van der Waals surface area contributed by atoms with Gasteiger partial charge in [-0.3, -0.25) is 14.6 Å². The highest BCUT2D eigenvalue weighted by molar-refractivity contribution is 5.95. The SMILES string of the molecule is C=CCN1C(=O)N[C@H](c2ccccc2C)C(C(=O)OCC)=C1CN1CCC[C@@H](C(=O)OCC)C1. The van der Waals surface area contributed by atoms with E-state index in [0.29, 0.717) is 31.0 Å². The van der Waals surface area contributed by atoms with E-state index in [-0.39, 0.29) is 31.1 Å². The van der Waals surface area contributed by atoms with Crippen LogP contribution >= 0.6 is 0 Å². The Bertz CT molecular complexity index is 958. The largest absolute Gasteiger partial charge is 0.466 e. The van der Waals surface area contributed by atoms with Gasteiger partial charge in [-0.1, -0.05) is 30.3 Å². The molecule has 2 aliphatic heterocycles. The summed E-state index contributed by atoms with van der Waals surface area (Å²) < 4.78 is 10.7. The van der Waals surface area contributed by atoms with Crippen LogP contribution in [0.2, 0.25) is 0 Å². The average Bonchev–Trinajstić information content (AvgIpc) is 2.82. The Balaban J connectivity index is 2.05. The Morgan fingerprint density at radius 3 is 2.62 bits per heavy atom. The lowest BCUT2D eigenvalue weighted by atomic mass is 9.91. The van der Waals surface area contributed by atoms with E-state index in [2.05, 4.69) is 16.8 Å². The van der Waals surface area contributed by atoms with Gasteiger partial charge in [-0.2, -0.15) is 0 Å². The number of amides is 2. The smallest absolute Gasteiger partial charge is 0.338 e. The second-order valence-corrected chi connectivity index (χ2v) is 8.55. The zero-order chi connectivity index (χ0) is 24.7. The number of carbonyl (C=O) groups excluding carboxylic acids is 3. The third-order valence-electron chi connectivity index (χ3n) is 6.24. The monoisotopic (exact) mass is 469 g/mol. The molecule has 0 saturated carbocycles. The highest BCUT2D eigenvalue weighted by atomic mass is 16.5. The number of likely N-dealkylation sites (tertiary alicyclic amines) is 1. The molecule has 1 aromatic carbocycles. The summed E-state index contributed by atoms with van der Waals surface area (Å²) in [6, 6.07) is 6.75. The van der Waals surface area contributed by atoms with Crippen LogP contribution < -0.4 is 5.32 Å². The lowest BCUT2D eigenvalue weighted by molar-refractivity contribution is -0.150. The molecule has 34 heavy (non-hydrogen) atoms. The van der Waals surface area contributed by atoms with Crippen LogP contribution in [0, 0.1) is 12.8 Å². The van der Waals surface area contributed by atoms with Crippen molar-refractivity contribution in [1.29, 1.82) is 0 Å². The van der Waals surface area contributed by atoms with Crippen molar-refractivity contribution >= 4 is 18.0 Å². The number of esters is 2. The van der Waals surface area contributed by atoms with Crippen molar-refractivity contribution in [3.63, 3.8) is 0 Å². The molecule has 0 bridgehead atoms. The van der Waals surface area contributed by atoms with E-state index >= 15 is 0 Å². The molecule has 2 aliphatic rings. The Hall–Kier alpha value is -3.13. The molecule has 1 aromatic rings. The Labute approximate surface area is 201 Å². The van der Waals surface area contributed by atoms with Crippen molar-refractivity contribution in [2.24, 2.45) is 5.92 Å². The Kier molecular flexibility index (Phi) is 8.87. The predicted molar refractivity (Wildman–Crippen MR) is 129 cm³/mol. The molecule has 0 aromatic heterocycles. The van der Waals surface area contributed by atoms with Gasteiger partial charge in [0.15, 0.2) is 0 Å². The number of hydrogen-bond acceptors (Lipinski definition) is 6. The van der Waals surface area contributed by atoms with Crippen LogP contribution in [0.4, 0.5) is 4.79 Å². The number of nitrogens with zero attached hydrogens (tertiary/aromatic N) is 2. The molecule has 0 radical (unpaired) electrons. The van der Waals surface area contributed by atoms with Crippen LogP contribution in [0.15, 0.2) is 48.2 Å². The van der Waals surface area contributed by atoms with E-state index in [9.17, 15) is 14.4 Å². The third kappa shape index (κ3) is 5.67. The molecule has 0 aliphatic carbocycles. The number of hydrogen-bond donors (Lipinski definition) is 1. The van der Waals surface area contributed by atoms with Crippen molar-refractivity contribution in [2.45, 2.75) is 39.7 Å². The molecule has 8 nitrogen and oxygen atoms in total. The molecular formula is C26H35N3O5. The summed E-state index contributed by atoms with van der Waals surface area (Å²) in [5.41, 5.74) is 2.81. The van der Waals surface area contributed by atoms with Crippen LogP contribution in [0.1, 0.15) is 43.9 Å². The molecule has 2 heterocycles. The lowest BCUT2D eigenvalue weighted by Gasteiger charge is -2.40. The maximum atomic E-state index is 13.3. The van der Waals surface area contributed by atoms with E-state index in [0.717, 1.165) is 30.5 Å². The van der Waals surface area contributed by atoms with Crippen molar-refractivity contribution < 1.29 is 23.9 Å². The standard InChI is InChI=1S/C26H35N3O5/c1-5-14-29-21(17-28-15-10-12-19(16-28)24(30)33-6-2)22(25(31)34-7-3)23(27-26(29)32)20-13-9-8-11-18(20)4/h5,8-9,11,13,19,23H,1,6-7,10,12,14-17H2,2-4H3,(H,27,32)/t19-,23-/m1/s1. The van der Waals surface area contributed by atoms with Crippen LogP contribution in [0.25, 0.3) is 0 Å². The molecule has 0 spiro atoms. The third-order valence-corrected chi connectivity index (χ3v) is 6.24. The van der Waals surface area contributed by atoms with Gasteiger partial charge >= 0.3 is 18.0 Å². The molecule has 8 heteroatoms. The van der Waals surface area contributed by atoms with Crippen molar-refractivity contribution in [3.05, 3.63) is 59.3 Å². The number of aryl methyl sites for hydroxylation is 1. The van der Waals surface area contributed by atoms with Gasteiger partial charge in [0.2, 0.25) is 0 Å². The van der Waals surface area contributed by atoms with Crippen molar-refractivity contribution in [2.75, 3.05) is 39.4 Å². The predicted octanol–water partition coefficient (Wildman–Crippen LogP) is 3.34. The van der Waals surface area contributed by atoms with Crippen molar-refractivity contribution in [1.82, 2.24) is 15.1 Å². The number of ether oxygens (including phenoxy) is 2. The first-order valence-electron chi connectivity index (χ1n) is 11.9. The highest BCUT2D eigenvalue weighted by Gasteiger charge is 2.39. The maximum absolute atomic E-state index is 13.3. The zero-order valence-electron chi connectivity index (χ0n) is 20.3. The summed E-state index contributed by atoms with van der Waals surface area (Å²) >= 11 is 0. The lowest BCUT2D eigenvalue weighted by Crippen LogP contribution is -2.52. The van der Waals surface area contributed by atoms with Gasteiger partial charge in [0, 0.05) is 25.3 Å². The Morgan fingerprint density at radius 2 is 1.94 bits per heavy atom. The number of rotatable bonds is 9. The van der Waals surface area contributed by atoms with Crippen LogP contribution in [0.3, 0.4) is 0 Å². The number of nitrogens with one attached hydrogen (secondary N) is 1. The minimum atomic E-state index is -0.630. The van der Waals surface area contributed by atoms with Gasteiger partial charge < -0.3 is 14.8 Å². The summed E-state index contributed by atoms with van der Waals surface area (Å²) in [4.78, 5) is 42.5. The first-order chi connectivity index (χ1) is 16.4. The molecular weight excluding hydrogens is 434 g/mol. The minimum Gasteiger partial charge on any atom is -0.466 e. The van der Waals surface area contributed by atoms with Gasteiger partial charge in [0.05, 0.1) is 30.7 Å². The van der Waals surface area contributed by atoms with Gasteiger partial charge in [-0.15, -0.1) is 6.58 Å². The van der Waals surface area contributed by atoms with Gasteiger partial charge in [-0.05, 0) is 51.3 Å². The first kappa shape index (κ1) is 25.5. The second kappa shape index (κ2) is 11.8. The summed E-state index contributed by atoms with van der Waals surface area (Å²) in [5.74, 6) is -0.884. The fourth-order valence-corrected chi connectivity index (χ4v) is 4.65. The second-order valence-electron chi connectivity index (χ2n) is 8.55. The molecule has 1 N–H and O–H groups in total. The quantitative estimate of drug-likeness (QED) is 0.441. The molecule has 2 atom stereocenters. The molecule has 0 unspecified atom stereocenters. The molecule has 184 valence electrons. The van der Waals surface area contributed by atoms with Gasteiger partial charge in [-0.25, -0.2) is 9.59 Å². The molecule has 2 amide bonds. The van der Waals surface area contributed by atoms with Gasteiger partial charge in [0.25, 0.3) is 0 Å². The van der Waals surface area contributed by atoms with E-state index in [4.69, 9.17) is 9.47 Å². The van der Waals surface area contributed by atoms with Crippen LogP contribution in [-0.4, -0.2) is 67.2 Å². The van der Waals surface area contributed by atoms with E-state index in [1.165, 1.54) is 0 Å². The van der Waals surface area contributed by atoms with Gasteiger partial charge in [0.1, 0.15) is 0 Å². The fraction of sp³-hybridized carbons (Fsp3) is 0.500. The number of benzene rings is 1. The van der Waals surface area contributed by atoms with Crippen molar-refractivity contribution in [3.8, 4) is 0 Å². The van der Waals surface area contributed by atoms with E-state index < -0.39 is 12.0 Å². The average molecular weight is 470 g/mol. The molecule has 3 rings (SSSR count). The topological polar surface area (TPSA) is 88.2 Å². The normalized spacial score (nSPS) is 21.1. The maximum Gasteiger partial charge on any atom is 0.338 e. The van der Waals surface area contributed by atoms with Crippen LogP contribution in [0.5, 0.6) is 0 Å². The van der Waals surface area contributed by atoms with Crippen LogP contribution in [-0.2, 0) is 19.1 Å². The molecule has 1 saturated heterocycles. The summed E-state index contributed by atoms with van der Waals surface area (Å²) in [6.45, 7) is 11.7. The number of carbonyl (C=O) groups is 3. The highest BCUT2D eigenvalue weighted by Crippen LogP contribution is 2.34. The first-order valence-corrected chi connectivity index (χ1v) is 11.9. The zero-order valence-corrected chi connectivity index (χ0v) is 20.3. The Morgan fingerprint density at radius 1 is 1.21 bits per heavy atom. The minimum absolute atomic E-state index is 0.200. The summed E-state index contributed by atoms with van der Waals surface area (Å²) in [5, 5.41) is 3.00. The number of urea groups is 1. The van der Waals surface area contributed by atoms with E-state index in [1.807, 2.05) is 31.2 Å². The molecule has 1 fully saturated rings. The van der Waals surface area contributed by atoms with E-state index in [1.54, 1.807) is 24.8 Å². The fourth-order valence-electron chi connectivity index (χ4n) is 4.65. The summed E-state index contributed by atoms with van der Waals surface area (Å²) in [6.07, 6.45) is 3.23. The summed E-state index contributed by atoms with van der Waals surface area (Å²) in [7, 11) is 0.